The highest BCUT2D eigenvalue weighted by Crippen LogP contribution is 2.28. The summed E-state index contributed by atoms with van der Waals surface area (Å²) in [5.41, 5.74) is 3.84. The molecule has 0 spiro atoms. The molecule has 0 unspecified atom stereocenters. The average molecular weight is 473 g/mol. The molecule has 0 aliphatic heterocycles. The van der Waals surface area contributed by atoms with E-state index in [1.807, 2.05) is 49.1 Å². The third kappa shape index (κ3) is 4.56. The molecule has 3 aromatic heterocycles. The Hall–Kier alpha value is -3.40. The number of furan rings is 1. The summed E-state index contributed by atoms with van der Waals surface area (Å²) in [4.78, 5) is 13.0. The van der Waals surface area contributed by atoms with Crippen LogP contribution in [0.25, 0.3) is 17.1 Å². The lowest BCUT2D eigenvalue weighted by Crippen LogP contribution is -2.07. The molecular weight excluding hydrogens is 450 g/mol. The van der Waals surface area contributed by atoms with Gasteiger partial charge in [-0.05, 0) is 57.2 Å². The number of ether oxygens (including phenoxy) is 1. The van der Waals surface area contributed by atoms with Gasteiger partial charge in [0.05, 0.1) is 17.6 Å². The van der Waals surface area contributed by atoms with E-state index >= 15 is 0 Å². The van der Waals surface area contributed by atoms with Crippen molar-refractivity contribution in [2.24, 2.45) is 7.05 Å². The van der Waals surface area contributed by atoms with Gasteiger partial charge in [-0.2, -0.15) is 8.78 Å². The number of rotatable bonds is 8. The normalized spacial score (nSPS) is 11.4. The number of Topliss-reactive ketones (excluding diaryl/α,β-unsaturated/α-hetero) is 1. The first kappa shape index (κ1) is 22.8. The Bertz CT molecular complexity index is 1290. The summed E-state index contributed by atoms with van der Waals surface area (Å²) in [5.74, 6) is 1.66. The molecule has 0 saturated heterocycles. The molecular formula is C23H22F2N4O3S. The molecule has 0 radical (unpaired) electrons. The van der Waals surface area contributed by atoms with E-state index in [-0.39, 0.29) is 17.3 Å². The smallest absolute Gasteiger partial charge is 0.387 e. The molecule has 0 amide bonds. The van der Waals surface area contributed by atoms with Gasteiger partial charge in [0.2, 0.25) is 0 Å². The number of carbonyl (C=O) groups is 1. The number of hydrogen-bond acceptors (Lipinski definition) is 6. The average Bonchev–Trinajstić information content (AvgIpc) is 3.44. The van der Waals surface area contributed by atoms with E-state index in [9.17, 15) is 13.6 Å². The zero-order valence-electron chi connectivity index (χ0n) is 18.5. The van der Waals surface area contributed by atoms with Crippen LogP contribution in [-0.2, 0) is 7.05 Å². The van der Waals surface area contributed by atoms with Crippen molar-refractivity contribution in [1.29, 1.82) is 0 Å². The minimum Gasteiger partial charge on any atom is -0.469 e. The molecule has 0 aliphatic carbocycles. The highest BCUT2D eigenvalue weighted by molar-refractivity contribution is 7.99. The van der Waals surface area contributed by atoms with E-state index < -0.39 is 6.61 Å². The first-order valence-corrected chi connectivity index (χ1v) is 11.1. The van der Waals surface area contributed by atoms with Crippen molar-refractivity contribution in [3.8, 4) is 22.8 Å². The van der Waals surface area contributed by atoms with E-state index in [1.165, 1.54) is 23.9 Å². The summed E-state index contributed by atoms with van der Waals surface area (Å²) in [6.45, 7) is 2.73. The molecule has 0 N–H and O–H groups in total. The van der Waals surface area contributed by atoms with Crippen LogP contribution in [0.3, 0.4) is 0 Å². The zero-order chi connectivity index (χ0) is 23.7. The maximum Gasteiger partial charge on any atom is 0.387 e. The quantitative estimate of drug-likeness (QED) is 0.254. The number of carbonyl (C=O) groups excluding carboxylic acids is 1. The van der Waals surface area contributed by atoms with Crippen molar-refractivity contribution in [3.63, 3.8) is 0 Å². The molecule has 10 heteroatoms. The first-order chi connectivity index (χ1) is 15.8. The number of halogens is 2. The lowest BCUT2D eigenvalue weighted by molar-refractivity contribution is -0.0498. The third-order valence-electron chi connectivity index (χ3n) is 5.32. The predicted octanol–water partition coefficient (Wildman–Crippen LogP) is 5.37. The van der Waals surface area contributed by atoms with Crippen molar-refractivity contribution in [1.82, 2.24) is 19.3 Å². The van der Waals surface area contributed by atoms with Gasteiger partial charge in [0.1, 0.15) is 11.5 Å². The monoisotopic (exact) mass is 472 g/mol. The lowest BCUT2D eigenvalue weighted by atomic mass is 10.2. The summed E-state index contributed by atoms with van der Waals surface area (Å²) >= 11 is 1.31. The van der Waals surface area contributed by atoms with Gasteiger partial charge < -0.3 is 18.3 Å². The Labute approximate surface area is 193 Å². The van der Waals surface area contributed by atoms with Crippen molar-refractivity contribution in [2.45, 2.75) is 32.5 Å². The van der Waals surface area contributed by atoms with Crippen molar-refractivity contribution in [3.05, 3.63) is 65.4 Å². The van der Waals surface area contributed by atoms with Crippen molar-refractivity contribution >= 4 is 17.5 Å². The second-order valence-corrected chi connectivity index (χ2v) is 8.40. The number of thioether (sulfide) groups is 1. The Balaban J connectivity index is 1.50. The van der Waals surface area contributed by atoms with Crippen molar-refractivity contribution in [2.75, 3.05) is 5.75 Å². The summed E-state index contributed by atoms with van der Waals surface area (Å²) in [5, 5.41) is 9.07. The van der Waals surface area contributed by atoms with Crippen molar-refractivity contribution < 1.29 is 22.7 Å². The van der Waals surface area contributed by atoms with Gasteiger partial charge in [-0.3, -0.25) is 4.79 Å². The van der Waals surface area contributed by atoms with Crippen LogP contribution >= 0.6 is 11.8 Å². The summed E-state index contributed by atoms with van der Waals surface area (Å²) < 4.78 is 38.3. The van der Waals surface area contributed by atoms with E-state index in [0.717, 1.165) is 28.4 Å². The molecule has 0 aliphatic rings. The molecule has 33 heavy (non-hydrogen) atoms. The van der Waals surface area contributed by atoms with Crippen LogP contribution < -0.4 is 4.74 Å². The number of hydrogen-bond donors (Lipinski definition) is 0. The topological polar surface area (TPSA) is 75.1 Å². The van der Waals surface area contributed by atoms with Gasteiger partial charge >= 0.3 is 6.61 Å². The summed E-state index contributed by atoms with van der Waals surface area (Å²) in [6.07, 6.45) is 1.60. The second kappa shape index (κ2) is 9.22. The lowest BCUT2D eigenvalue weighted by Gasteiger charge is -2.11. The van der Waals surface area contributed by atoms with Crippen LogP contribution in [0.2, 0.25) is 0 Å². The van der Waals surface area contributed by atoms with Crippen LogP contribution in [0, 0.1) is 20.8 Å². The minimum absolute atomic E-state index is 0.0407. The maximum atomic E-state index is 13.0. The molecule has 4 rings (SSSR count). The fourth-order valence-corrected chi connectivity index (χ4v) is 4.51. The molecule has 7 nitrogen and oxygen atoms in total. The highest BCUT2D eigenvalue weighted by atomic mass is 32.2. The number of benzene rings is 1. The fraction of sp³-hybridized carbons (Fsp3) is 0.261. The van der Waals surface area contributed by atoms with Crippen LogP contribution in [0.5, 0.6) is 5.75 Å². The Morgan fingerprint density at radius 2 is 1.88 bits per heavy atom. The molecule has 0 fully saturated rings. The maximum absolute atomic E-state index is 13.0. The Morgan fingerprint density at radius 1 is 1.15 bits per heavy atom. The van der Waals surface area contributed by atoms with E-state index in [0.29, 0.717) is 16.5 Å². The van der Waals surface area contributed by atoms with Crippen LogP contribution in [-0.4, -0.2) is 37.5 Å². The molecule has 3 heterocycles. The van der Waals surface area contributed by atoms with Gasteiger partial charge in [-0.25, -0.2) is 0 Å². The number of alkyl halides is 2. The Kier molecular flexibility index (Phi) is 6.37. The second-order valence-electron chi connectivity index (χ2n) is 7.46. The van der Waals surface area contributed by atoms with Gasteiger partial charge in [-0.1, -0.05) is 11.8 Å². The molecule has 0 bridgehead atoms. The number of aromatic nitrogens is 4. The van der Waals surface area contributed by atoms with Crippen LogP contribution in [0.1, 0.15) is 27.5 Å². The third-order valence-corrected chi connectivity index (χ3v) is 6.34. The van der Waals surface area contributed by atoms with Gasteiger partial charge in [-0.15, -0.1) is 10.2 Å². The molecule has 172 valence electrons. The van der Waals surface area contributed by atoms with E-state index in [2.05, 4.69) is 14.9 Å². The zero-order valence-corrected chi connectivity index (χ0v) is 19.3. The highest BCUT2D eigenvalue weighted by Gasteiger charge is 2.20. The first-order valence-electron chi connectivity index (χ1n) is 10.1. The molecule has 0 atom stereocenters. The van der Waals surface area contributed by atoms with Gasteiger partial charge in [0.15, 0.2) is 16.8 Å². The molecule has 0 saturated carbocycles. The fourth-order valence-electron chi connectivity index (χ4n) is 3.72. The standard InChI is InChI=1S/C23H22F2N4O3S/c1-13-11-19(14(2)29(13)16-5-7-17(8-6-16)32-22(24)25)20(30)12-33-23-27-26-21(28(23)4)18-9-10-31-15(18)3/h5-11,22H,12H2,1-4H3. The number of nitrogens with zero attached hydrogens (tertiary/aromatic N) is 4. The molecule has 4 aromatic rings. The van der Waals surface area contributed by atoms with Gasteiger partial charge in [0.25, 0.3) is 0 Å². The van der Waals surface area contributed by atoms with Crippen LogP contribution in [0.4, 0.5) is 8.78 Å². The van der Waals surface area contributed by atoms with Crippen LogP contribution in [0.15, 0.2) is 52.2 Å². The SMILES string of the molecule is Cc1occc1-c1nnc(SCC(=O)c2cc(C)n(-c3ccc(OC(F)F)cc3)c2C)n1C. The minimum atomic E-state index is -2.87. The largest absolute Gasteiger partial charge is 0.469 e. The predicted molar refractivity (Wildman–Crippen MR) is 120 cm³/mol. The van der Waals surface area contributed by atoms with E-state index in [4.69, 9.17) is 4.42 Å². The number of aryl methyl sites for hydroxylation is 2. The summed E-state index contributed by atoms with van der Waals surface area (Å²) in [6, 6.07) is 9.98. The number of ketones is 1. The molecule has 1 aromatic carbocycles. The van der Waals surface area contributed by atoms with E-state index in [1.54, 1.807) is 18.4 Å². The Morgan fingerprint density at radius 3 is 2.52 bits per heavy atom. The van der Waals surface area contributed by atoms with Gasteiger partial charge in [0, 0.05) is 29.7 Å². The summed E-state index contributed by atoms with van der Waals surface area (Å²) in [7, 11) is 1.85.